The topological polar surface area (TPSA) is 26.3 Å². The standard InChI is InChI=1S/C9H16O2.C4H10/c1-7(2)3-4-8-5-6-9(10)11-8;1-4(2)3/h7-8H,3-6H2,1-2H3;4H,1-3H3. The highest BCUT2D eigenvalue weighted by Gasteiger charge is 2.22. The van der Waals surface area contributed by atoms with Crippen molar-refractivity contribution in [3.63, 3.8) is 0 Å². The van der Waals surface area contributed by atoms with Gasteiger partial charge in [0.1, 0.15) is 6.10 Å². The Balaban J connectivity index is 0.000000423. The maximum Gasteiger partial charge on any atom is 0.306 e. The van der Waals surface area contributed by atoms with Crippen LogP contribution in [0.15, 0.2) is 0 Å². The molecule has 1 aliphatic heterocycles. The summed E-state index contributed by atoms with van der Waals surface area (Å²) in [6.07, 6.45) is 4.00. The third kappa shape index (κ3) is 9.77. The third-order valence-corrected chi connectivity index (χ3v) is 2.03. The van der Waals surface area contributed by atoms with Crippen LogP contribution in [-0.4, -0.2) is 12.1 Å². The zero-order valence-electron chi connectivity index (χ0n) is 10.9. The largest absolute Gasteiger partial charge is 0.462 e. The fourth-order valence-electron chi connectivity index (χ4n) is 1.31. The predicted molar refractivity (Wildman–Crippen MR) is 63.7 cm³/mol. The molecule has 0 N–H and O–H groups in total. The summed E-state index contributed by atoms with van der Waals surface area (Å²) < 4.78 is 5.07. The van der Waals surface area contributed by atoms with Gasteiger partial charge in [-0.2, -0.15) is 0 Å². The molecule has 1 aliphatic rings. The van der Waals surface area contributed by atoms with Gasteiger partial charge in [0.15, 0.2) is 0 Å². The van der Waals surface area contributed by atoms with Crippen LogP contribution in [0.2, 0.25) is 0 Å². The van der Waals surface area contributed by atoms with E-state index < -0.39 is 0 Å². The molecule has 15 heavy (non-hydrogen) atoms. The van der Waals surface area contributed by atoms with E-state index in [9.17, 15) is 4.79 Å². The van der Waals surface area contributed by atoms with Gasteiger partial charge in [-0.15, -0.1) is 0 Å². The first-order chi connectivity index (χ1) is 6.91. The molecule has 1 unspecified atom stereocenters. The Morgan fingerprint density at radius 1 is 1.27 bits per heavy atom. The maximum atomic E-state index is 10.7. The van der Waals surface area contributed by atoms with Gasteiger partial charge in [0.25, 0.3) is 0 Å². The molecule has 0 aromatic carbocycles. The average Bonchev–Trinajstić information content (AvgIpc) is 2.47. The van der Waals surface area contributed by atoms with E-state index in [1.165, 1.54) is 0 Å². The minimum atomic E-state index is -0.0150. The van der Waals surface area contributed by atoms with E-state index in [1.807, 2.05) is 0 Å². The van der Waals surface area contributed by atoms with Crippen LogP contribution in [0.1, 0.15) is 60.3 Å². The van der Waals surface area contributed by atoms with E-state index in [2.05, 4.69) is 34.6 Å². The van der Waals surface area contributed by atoms with Crippen LogP contribution < -0.4 is 0 Å². The van der Waals surface area contributed by atoms with Crippen LogP contribution in [-0.2, 0) is 9.53 Å². The van der Waals surface area contributed by atoms with Crippen molar-refractivity contribution < 1.29 is 9.53 Å². The lowest BCUT2D eigenvalue weighted by Crippen LogP contribution is -2.07. The maximum absolute atomic E-state index is 10.7. The molecular weight excluding hydrogens is 188 g/mol. The highest BCUT2D eigenvalue weighted by molar-refractivity contribution is 5.71. The molecule has 0 aromatic rings. The lowest BCUT2D eigenvalue weighted by molar-refractivity contribution is -0.141. The van der Waals surface area contributed by atoms with Gasteiger partial charge in [-0.05, 0) is 31.1 Å². The summed E-state index contributed by atoms with van der Waals surface area (Å²) in [7, 11) is 0. The van der Waals surface area contributed by atoms with Gasteiger partial charge in [-0.25, -0.2) is 0 Å². The van der Waals surface area contributed by atoms with E-state index in [-0.39, 0.29) is 12.1 Å². The zero-order chi connectivity index (χ0) is 11.8. The van der Waals surface area contributed by atoms with Crippen molar-refractivity contribution in [3.8, 4) is 0 Å². The number of carbonyl (C=O) groups excluding carboxylic acids is 1. The molecule has 0 spiro atoms. The molecule has 0 saturated carbocycles. The van der Waals surface area contributed by atoms with Crippen LogP contribution in [0.4, 0.5) is 0 Å². The summed E-state index contributed by atoms with van der Waals surface area (Å²) >= 11 is 0. The number of esters is 1. The average molecular weight is 214 g/mol. The number of cyclic esters (lactones) is 1. The second-order valence-corrected chi connectivity index (χ2v) is 5.35. The molecule has 90 valence electrons. The van der Waals surface area contributed by atoms with Crippen LogP contribution in [0, 0.1) is 11.8 Å². The number of carbonyl (C=O) groups is 1. The molecule has 0 radical (unpaired) electrons. The van der Waals surface area contributed by atoms with E-state index in [0.29, 0.717) is 12.3 Å². The molecule has 1 rings (SSSR count). The van der Waals surface area contributed by atoms with Gasteiger partial charge >= 0.3 is 5.97 Å². The number of rotatable bonds is 3. The molecule has 1 saturated heterocycles. The summed E-state index contributed by atoms with van der Waals surface area (Å²) in [4.78, 5) is 10.7. The fraction of sp³-hybridized carbons (Fsp3) is 0.923. The second kappa shape index (κ2) is 7.72. The van der Waals surface area contributed by atoms with E-state index in [1.54, 1.807) is 0 Å². The zero-order valence-corrected chi connectivity index (χ0v) is 10.9. The first-order valence-corrected chi connectivity index (χ1v) is 6.11. The van der Waals surface area contributed by atoms with Crippen molar-refractivity contribution in [2.75, 3.05) is 0 Å². The third-order valence-electron chi connectivity index (χ3n) is 2.03. The summed E-state index contributed by atoms with van der Waals surface area (Å²) in [5.41, 5.74) is 0. The molecule has 2 heteroatoms. The minimum Gasteiger partial charge on any atom is -0.462 e. The first-order valence-electron chi connectivity index (χ1n) is 6.11. The highest BCUT2D eigenvalue weighted by atomic mass is 16.5. The van der Waals surface area contributed by atoms with Crippen LogP contribution >= 0.6 is 0 Å². The van der Waals surface area contributed by atoms with Gasteiger partial charge in [-0.1, -0.05) is 34.6 Å². The van der Waals surface area contributed by atoms with Crippen LogP contribution in [0.3, 0.4) is 0 Å². The van der Waals surface area contributed by atoms with Crippen molar-refractivity contribution in [3.05, 3.63) is 0 Å². The molecule has 1 heterocycles. The van der Waals surface area contributed by atoms with E-state index in [4.69, 9.17) is 4.74 Å². The fourth-order valence-corrected chi connectivity index (χ4v) is 1.31. The van der Waals surface area contributed by atoms with Gasteiger partial charge < -0.3 is 4.74 Å². The van der Waals surface area contributed by atoms with Crippen molar-refractivity contribution in [2.45, 2.75) is 66.4 Å². The Morgan fingerprint density at radius 2 is 1.80 bits per heavy atom. The van der Waals surface area contributed by atoms with Crippen molar-refractivity contribution >= 4 is 5.97 Å². The normalized spacial score (nSPS) is 20.2. The summed E-state index contributed by atoms with van der Waals surface area (Å²) in [6.45, 7) is 10.9. The lowest BCUT2D eigenvalue weighted by Gasteiger charge is -2.09. The van der Waals surface area contributed by atoms with Crippen LogP contribution in [0.25, 0.3) is 0 Å². The molecule has 1 fully saturated rings. The van der Waals surface area contributed by atoms with Crippen molar-refractivity contribution in [1.82, 2.24) is 0 Å². The summed E-state index contributed by atoms with van der Waals surface area (Å²) in [5.74, 6) is 1.54. The smallest absolute Gasteiger partial charge is 0.306 e. The Hall–Kier alpha value is -0.530. The van der Waals surface area contributed by atoms with E-state index in [0.717, 1.165) is 25.2 Å². The predicted octanol–water partition coefficient (Wildman–Crippen LogP) is 3.79. The number of hydrogen-bond acceptors (Lipinski definition) is 2. The monoisotopic (exact) mass is 214 g/mol. The number of hydrogen-bond donors (Lipinski definition) is 0. The summed E-state index contributed by atoms with van der Waals surface area (Å²) in [6, 6.07) is 0. The Morgan fingerprint density at radius 3 is 2.13 bits per heavy atom. The molecular formula is C13H26O2. The Labute approximate surface area is 94.4 Å². The molecule has 2 nitrogen and oxygen atoms in total. The molecule has 0 aliphatic carbocycles. The quantitative estimate of drug-likeness (QED) is 0.668. The van der Waals surface area contributed by atoms with E-state index >= 15 is 0 Å². The number of ether oxygens (including phenoxy) is 1. The SMILES string of the molecule is CC(C)C.CC(C)CCC1CCC(=O)O1. The van der Waals surface area contributed by atoms with Gasteiger partial charge in [-0.3, -0.25) is 4.79 Å². The van der Waals surface area contributed by atoms with Gasteiger partial charge in [0.05, 0.1) is 0 Å². The molecule has 1 atom stereocenters. The second-order valence-electron chi connectivity index (χ2n) is 5.35. The summed E-state index contributed by atoms with van der Waals surface area (Å²) in [5, 5.41) is 0. The molecule has 0 bridgehead atoms. The van der Waals surface area contributed by atoms with Crippen molar-refractivity contribution in [1.29, 1.82) is 0 Å². The van der Waals surface area contributed by atoms with Crippen molar-refractivity contribution in [2.24, 2.45) is 11.8 Å². The Kier molecular flexibility index (Phi) is 7.45. The van der Waals surface area contributed by atoms with Gasteiger partial charge in [0.2, 0.25) is 0 Å². The Bertz CT molecular complexity index is 171. The van der Waals surface area contributed by atoms with Crippen LogP contribution in [0.5, 0.6) is 0 Å². The molecule has 0 amide bonds. The lowest BCUT2D eigenvalue weighted by atomic mass is 10.0. The molecule has 0 aromatic heterocycles. The van der Waals surface area contributed by atoms with Gasteiger partial charge in [0, 0.05) is 6.42 Å². The minimum absolute atomic E-state index is 0.0150. The first kappa shape index (κ1) is 14.5. The highest BCUT2D eigenvalue weighted by Crippen LogP contribution is 2.20.